The van der Waals surface area contributed by atoms with Gasteiger partial charge >= 0.3 is 0 Å². The highest BCUT2D eigenvalue weighted by Crippen LogP contribution is 2.06. The molecule has 0 fully saturated rings. The molecule has 0 saturated heterocycles. The second-order valence-corrected chi connectivity index (χ2v) is 2.35. The topological polar surface area (TPSA) is 0 Å². The molecule has 70 valence electrons. The number of hydrogen-bond acceptors (Lipinski definition) is 0. The van der Waals surface area contributed by atoms with Crippen LogP contribution < -0.4 is 0 Å². The van der Waals surface area contributed by atoms with Crippen LogP contribution in [0.1, 0.15) is 41.5 Å². The van der Waals surface area contributed by atoms with E-state index in [1.165, 1.54) is 11.1 Å². The summed E-state index contributed by atoms with van der Waals surface area (Å²) in [7, 11) is 0. The van der Waals surface area contributed by atoms with Crippen molar-refractivity contribution in [2.24, 2.45) is 0 Å². The lowest BCUT2D eigenvalue weighted by Crippen LogP contribution is -1.75. The lowest BCUT2D eigenvalue weighted by Gasteiger charge is -1.96. The van der Waals surface area contributed by atoms with Crippen LogP contribution in [0.5, 0.6) is 0 Å². The van der Waals surface area contributed by atoms with Crippen molar-refractivity contribution in [1.29, 1.82) is 0 Å². The fourth-order valence-corrected chi connectivity index (χ4v) is 0.600. The zero-order valence-corrected chi connectivity index (χ0v) is 9.31. The summed E-state index contributed by atoms with van der Waals surface area (Å²) >= 11 is 0. The van der Waals surface area contributed by atoms with Gasteiger partial charge in [0.25, 0.3) is 0 Å². The van der Waals surface area contributed by atoms with E-state index in [2.05, 4.69) is 39.0 Å². The standard InChI is InChI=1S/C10H16.C2H6/c1-5-7-8-10(4)9(3)6-2;1-2/h5-8H,1-4H3;1-2H3/b7-5-,9-6-,10-8-;. The Bertz CT molecular complexity index is 168. The zero-order chi connectivity index (χ0) is 9.98. The second-order valence-electron chi connectivity index (χ2n) is 2.35. The molecule has 0 unspecified atom stereocenters. The van der Waals surface area contributed by atoms with Crippen molar-refractivity contribution in [3.8, 4) is 0 Å². The van der Waals surface area contributed by atoms with Crippen LogP contribution in [0, 0.1) is 0 Å². The maximum Gasteiger partial charge on any atom is -0.0395 e. The molecule has 0 aliphatic carbocycles. The van der Waals surface area contributed by atoms with Crippen LogP contribution in [0.2, 0.25) is 0 Å². The maximum absolute atomic E-state index is 2.12. The van der Waals surface area contributed by atoms with E-state index in [1.54, 1.807) is 0 Å². The first-order valence-electron chi connectivity index (χ1n) is 4.65. The van der Waals surface area contributed by atoms with E-state index >= 15 is 0 Å². The number of allylic oxidation sites excluding steroid dienone is 6. The van der Waals surface area contributed by atoms with Gasteiger partial charge in [-0.15, -0.1) is 0 Å². The first-order valence-corrected chi connectivity index (χ1v) is 4.65. The normalized spacial score (nSPS) is 12.8. The molecule has 0 atom stereocenters. The van der Waals surface area contributed by atoms with Crippen LogP contribution in [-0.2, 0) is 0 Å². The van der Waals surface area contributed by atoms with Gasteiger partial charge in [-0.2, -0.15) is 0 Å². The summed E-state index contributed by atoms with van der Waals surface area (Å²) in [4.78, 5) is 0. The van der Waals surface area contributed by atoms with Crippen molar-refractivity contribution in [2.75, 3.05) is 0 Å². The van der Waals surface area contributed by atoms with Crippen LogP contribution in [0.3, 0.4) is 0 Å². The second kappa shape index (κ2) is 10.2. The molecule has 0 radical (unpaired) electrons. The molecule has 0 spiro atoms. The summed E-state index contributed by atoms with van der Waals surface area (Å²) in [5.74, 6) is 0. The number of rotatable bonds is 2. The van der Waals surface area contributed by atoms with Gasteiger partial charge in [-0.1, -0.05) is 43.7 Å². The first-order chi connectivity index (χ1) is 5.72. The van der Waals surface area contributed by atoms with Gasteiger partial charge in [0.2, 0.25) is 0 Å². The van der Waals surface area contributed by atoms with Gasteiger partial charge < -0.3 is 0 Å². The summed E-state index contributed by atoms with van der Waals surface area (Å²) in [5, 5.41) is 0. The minimum atomic E-state index is 1.33. The fraction of sp³-hybridized carbons (Fsp3) is 0.500. The average molecular weight is 166 g/mol. The van der Waals surface area contributed by atoms with Gasteiger partial charge in [-0.25, -0.2) is 0 Å². The molecule has 0 N–H and O–H groups in total. The third kappa shape index (κ3) is 7.33. The molecular formula is C12H22. The van der Waals surface area contributed by atoms with Gasteiger partial charge in [-0.05, 0) is 33.3 Å². The highest BCUT2D eigenvalue weighted by Gasteiger charge is 1.86. The summed E-state index contributed by atoms with van der Waals surface area (Å²) in [5.41, 5.74) is 2.68. The van der Waals surface area contributed by atoms with Crippen molar-refractivity contribution in [3.05, 3.63) is 35.5 Å². The smallest absolute Gasteiger partial charge is 0.0395 e. The van der Waals surface area contributed by atoms with E-state index in [1.807, 2.05) is 26.8 Å². The van der Waals surface area contributed by atoms with Crippen LogP contribution in [0.25, 0.3) is 0 Å². The van der Waals surface area contributed by atoms with Gasteiger partial charge in [0.15, 0.2) is 0 Å². The molecule has 0 aromatic rings. The molecule has 0 aliphatic rings. The van der Waals surface area contributed by atoms with Gasteiger partial charge in [0.05, 0.1) is 0 Å². The third-order valence-corrected chi connectivity index (χ3v) is 1.59. The predicted molar refractivity (Wildman–Crippen MR) is 59.4 cm³/mol. The summed E-state index contributed by atoms with van der Waals surface area (Å²) in [6.07, 6.45) is 8.33. The monoisotopic (exact) mass is 166 g/mol. The van der Waals surface area contributed by atoms with Crippen molar-refractivity contribution in [2.45, 2.75) is 41.5 Å². The van der Waals surface area contributed by atoms with Crippen molar-refractivity contribution in [3.63, 3.8) is 0 Å². The van der Waals surface area contributed by atoms with E-state index in [4.69, 9.17) is 0 Å². The van der Waals surface area contributed by atoms with Crippen LogP contribution in [0.4, 0.5) is 0 Å². The molecular weight excluding hydrogens is 144 g/mol. The summed E-state index contributed by atoms with van der Waals surface area (Å²) in [6, 6.07) is 0. The maximum atomic E-state index is 2.12. The Morgan fingerprint density at radius 1 is 0.917 bits per heavy atom. The van der Waals surface area contributed by atoms with E-state index in [0.717, 1.165) is 0 Å². The Kier molecular flexibility index (Phi) is 11.7. The SMILES string of the molecule is CC.C\C=C/C=C(C)\C(C)=C/C. The first kappa shape index (κ1) is 13.8. The molecule has 0 aromatic heterocycles. The van der Waals surface area contributed by atoms with Crippen molar-refractivity contribution >= 4 is 0 Å². The molecule has 0 amide bonds. The van der Waals surface area contributed by atoms with Crippen LogP contribution in [0.15, 0.2) is 35.5 Å². The van der Waals surface area contributed by atoms with E-state index in [-0.39, 0.29) is 0 Å². The lowest BCUT2D eigenvalue weighted by molar-refractivity contribution is 1.33. The molecule has 0 aromatic carbocycles. The molecule has 12 heavy (non-hydrogen) atoms. The Labute approximate surface area is 77.7 Å². The van der Waals surface area contributed by atoms with Crippen molar-refractivity contribution < 1.29 is 0 Å². The average Bonchev–Trinajstić information content (AvgIpc) is 2.16. The van der Waals surface area contributed by atoms with E-state index < -0.39 is 0 Å². The molecule has 0 saturated carbocycles. The third-order valence-electron chi connectivity index (χ3n) is 1.59. The molecule has 0 bridgehead atoms. The Hall–Kier alpha value is -0.780. The van der Waals surface area contributed by atoms with Crippen LogP contribution >= 0.6 is 0 Å². The zero-order valence-electron chi connectivity index (χ0n) is 9.31. The summed E-state index contributed by atoms with van der Waals surface area (Å²) in [6.45, 7) is 12.3. The lowest BCUT2D eigenvalue weighted by atomic mass is 10.1. The van der Waals surface area contributed by atoms with Gasteiger partial charge in [0.1, 0.15) is 0 Å². The van der Waals surface area contributed by atoms with Gasteiger partial charge in [-0.3, -0.25) is 0 Å². The predicted octanol–water partition coefficient (Wildman–Crippen LogP) is 4.50. The molecule has 0 rings (SSSR count). The van der Waals surface area contributed by atoms with Crippen LogP contribution in [-0.4, -0.2) is 0 Å². The molecule has 0 nitrogen and oxygen atoms in total. The quantitative estimate of drug-likeness (QED) is 0.530. The fourth-order valence-electron chi connectivity index (χ4n) is 0.600. The largest absolute Gasteiger partial charge is 0.0877 e. The molecule has 0 heteroatoms. The number of hydrogen-bond donors (Lipinski definition) is 0. The van der Waals surface area contributed by atoms with E-state index in [0.29, 0.717) is 0 Å². The highest BCUT2D eigenvalue weighted by molar-refractivity contribution is 5.29. The molecule has 0 aliphatic heterocycles. The van der Waals surface area contributed by atoms with E-state index in [9.17, 15) is 0 Å². The van der Waals surface area contributed by atoms with Gasteiger partial charge in [0, 0.05) is 0 Å². The minimum Gasteiger partial charge on any atom is -0.0877 e. The molecule has 0 heterocycles. The highest BCUT2D eigenvalue weighted by atomic mass is 13.9. The Morgan fingerprint density at radius 3 is 1.75 bits per heavy atom. The minimum absolute atomic E-state index is 1.33. The Morgan fingerprint density at radius 2 is 1.42 bits per heavy atom. The summed E-state index contributed by atoms with van der Waals surface area (Å²) < 4.78 is 0. The van der Waals surface area contributed by atoms with Crippen molar-refractivity contribution in [1.82, 2.24) is 0 Å². The Balaban J connectivity index is 0.